The predicted molar refractivity (Wildman–Crippen MR) is 84.9 cm³/mol. The smallest absolute Gasteiger partial charge is 0.268 e. The summed E-state index contributed by atoms with van der Waals surface area (Å²) in [5.74, 6) is 1.18. The summed E-state index contributed by atoms with van der Waals surface area (Å²) in [7, 11) is -3.79. The van der Waals surface area contributed by atoms with E-state index in [0.717, 1.165) is 31.7 Å². The molecule has 0 spiro atoms. The number of hydrogen-bond donors (Lipinski definition) is 1. The molecule has 1 saturated heterocycles. The fourth-order valence-electron chi connectivity index (χ4n) is 2.72. The van der Waals surface area contributed by atoms with Crippen molar-refractivity contribution < 1.29 is 12.9 Å². The van der Waals surface area contributed by atoms with Crippen molar-refractivity contribution in [3.8, 4) is 0 Å². The lowest BCUT2D eigenvalue weighted by Crippen LogP contribution is -2.30. The van der Waals surface area contributed by atoms with Gasteiger partial charge >= 0.3 is 0 Å². The number of anilines is 2. The van der Waals surface area contributed by atoms with Crippen LogP contribution in [-0.4, -0.2) is 36.9 Å². The Kier molecular flexibility index (Phi) is 4.20. The van der Waals surface area contributed by atoms with E-state index in [4.69, 9.17) is 4.52 Å². The van der Waals surface area contributed by atoms with Crippen LogP contribution < -0.4 is 9.62 Å². The number of nitrogens with one attached hydrogen (secondary N) is 1. The molecule has 2 aromatic heterocycles. The van der Waals surface area contributed by atoms with Crippen LogP contribution in [0.3, 0.4) is 0 Å². The largest absolute Gasteiger partial charge is 0.360 e. The molecule has 0 amide bonds. The molecule has 8 nitrogen and oxygen atoms in total. The Morgan fingerprint density at radius 1 is 1.13 bits per heavy atom. The Morgan fingerprint density at radius 3 is 2.43 bits per heavy atom. The van der Waals surface area contributed by atoms with E-state index in [9.17, 15) is 8.42 Å². The summed E-state index contributed by atoms with van der Waals surface area (Å²) in [6, 6.07) is 3.40. The van der Waals surface area contributed by atoms with Gasteiger partial charge < -0.3 is 9.42 Å². The van der Waals surface area contributed by atoms with E-state index < -0.39 is 10.0 Å². The van der Waals surface area contributed by atoms with Crippen LogP contribution in [0.15, 0.2) is 21.6 Å². The molecule has 1 N–H and O–H groups in total. The highest BCUT2D eigenvalue weighted by Crippen LogP contribution is 2.22. The maximum absolute atomic E-state index is 12.4. The van der Waals surface area contributed by atoms with Gasteiger partial charge in [0.1, 0.15) is 5.69 Å². The average molecular weight is 337 g/mol. The standard InChI is InChI=1S/C14H19N5O3S/c1-10-14(11(2)22-17-10)23(20,21)18-12-6-7-13(16-15-12)19-8-4-3-5-9-19/h6-7H,3-5,8-9H2,1-2H3,(H,15,18). The van der Waals surface area contributed by atoms with E-state index in [1.807, 2.05) is 0 Å². The maximum atomic E-state index is 12.4. The van der Waals surface area contributed by atoms with Gasteiger partial charge in [-0.2, -0.15) is 0 Å². The molecule has 0 radical (unpaired) electrons. The van der Waals surface area contributed by atoms with E-state index >= 15 is 0 Å². The minimum absolute atomic E-state index is 0.0411. The highest BCUT2D eigenvalue weighted by atomic mass is 32.2. The van der Waals surface area contributed by atoms with Crippen molar-refractivity contribution >= 4 is 21.7 Å². The fraction of sp³-hybridized carbons (Fsp3) is 0.500. The Morgan fingerprint density at radius 2 is 1.87 bits per heavy atom. The van der Waals surface area contributed by atoms with E-state index in [1.54, 1.807) is 26.0 Å². The lowest BCUT2D eigenvalue weighted by Gasteiger charge is -2.27. The summed E-state index contributed by atoms with van der Waals surface area (Å²) >= 11 is 0. The Balaban J connectivity index is 1.78. The van der Waals surface area contributed by atoms with Crippen LogP contribution in [0.1, 0.15) is 30.7 Å². The van der Waals surface area contributed by atoms with Gasteiger partial charge in [0.25, 0.3) is 10.0 Å². The highest BCUT2D eigenvalue weighted by Gasteiger charge is 2.25. The minimum atomic E-state index is -3.79. The summed E-state index contributed by atoms with van der Waals surface area (Å²) in [6.07, 6.45) is 3.52. The zero-order chi connectivity index (χ0) is 16.4. The van der Waals surface area contributed by atoms with Crippen molar-refractivity contribution in [2.45, 2.75) is 38.0 Å². The van der Waals surface area contributed by atoms with Crippen molar-refractivity contribution in [2.75, 3.05) is 22.7 Å². The first-order valence-corrected chi connectivity index (χ1v) is 9.00. The molecule has 124 valence electrons. The van der Waals surface area contributed by atoms with Crippen molar-refractivity contribution in [3.05, 3.63) is 23.6 Å². The average Bonchev–Trinajstić information content (AvgIpc) is 2.88. The van der Waals surface area contributed by atoms with Crippen molar-refractivity contribution in [3.63, 3.8) is 0 Å². The van der Waals surface area contributed by atoms with Gasteiger partial charge in [-0.15, -0.1) is 10.2 Å². The molecular weight excluding hydrogens is 318 g/mol. The summed E-state index contributed by atoms with van der Waals surface area (Å²) in [6.45, 7) is 5.05. The molecule has 1 aliphatic heterocycles. The minimum Gasteiger partial charge on any atom is -0.360 e. The molecule has 1 aliphatic rings. The highest BCUT2D eigenvalue weighted by molar-refractivity contribution is 7.92. The molecule has 0 bridgehead atoms. The predicted octanol–water partition coefficient (Wildman–Crippen LogP) is 1.87. The number of aromatic nitrogens is 3. The molecule has 2 aromatic rings. The number of rotatable bonds is 4. The van der Waals surface area contributed by atoms with Gasteiger partial charge in [-0.05, 0) is 45.2 Å². The molecule has 9 heteroatoms. The molecule has 0 atom stereocenters. The molecule has 0 aliphatic carbocycles. The van der Waals surface area contributed by atoms with Gasteiger partial charge in [-0.1, -0.05) is 5.16 Å². The number of aryl methyl sites for hydroxylation is 2. The third-order valence-corrected chi connectivity index (χ3v) is 5.40. The zero-order valence-corrected chi connectivity index (χ0v) is 13.9. The third-order valence-electron chi connectivity index (χ3n) is 3.81. The van der Waals surface area contributed by atoms with Gasteiger partial charge in [0.2, 0.25) is 0 Å². The molecule has 0 aromatic carbocycles. The van der Waals surface area contributed by atoms with Crippen molar-refractivity contribution in [1.29, 1.82) is 0 Å². The molecule has 3 rings (SSSR count). The van der Waals surface area contributed by atoms with Crippen molar-refractivity contribution in [1.82, 2.24) is 15.4 Å². The second kappa shape index (κ2) is 6.15. The van der Waals surface area contributed by atoms with Crippen LogP contribution in [0.5, 0.6) is 0 Å². The summed E-state index contributed by atoms with van der Waals surface area (Å²) in [5, 5.41) is 11.8. The van der Waals surface area contributed by atoms with Crippen LogP contribution in [0.25, 0.3) is 0 Å². The van der Waals surface area contributed by atoms with E-state index in [-0.39, 0.29) is 16.5 Å². The van der Waals surface area contributed by atoms with Gasteiger partial charge in [0.15, 0.2) is 22.3 Å². The molecule has 3 heterocycles. The number of nitrogens with zero attached hydrogens (tertiary/aromatic N) is 4. The van der Waals surface area contributed by atoms with Gasteiger partial charge in [0, 0.05) is 13.1 Å². The number of sulfonamides is 1. The van der Waals surface area contributed by atoms with E-state index in [2.05, 4.69) is 25.0 Å². The Labute approximate surface area is 134 Å². The quantitative estimate of drug-likeness (QED) is 0.908. The summed E-state index contributed by atoms with van der Waals surface area (Å²) < 4.78 is 32.1. The third kappa shape index (κ3) is 3.29. The Bertz CT molecular complexity index is 760. The van der Waals surface area contributed by atoms with Gasteiger partial charge in [0.05, 0.1) is 0 Å². The first kappa shape index (κ1) is 15.7. The number of hydrogen-bond acceptors (Lipinski definition) is 7. The molecular formula is C14H19N5O3S. The molecule has 1 fully saturated rings. The van der Waals surface area contributed by atoms with Crippen molar-refractivity contribution in [2.24, 2.45) is 0 Å². The van der Waals surface area contributed by atoms with E-state index in [0.29, 0.717) is 5.69 Å². The van der Waals surface area contributed by atoms with Crippen LogP contribution in [0, 0.1) is 13.8 Å². The second-order valence-electron chi connectivity index (χ2n) is 5.58. The van der Waals surface area contributed by atoms with Gasteiger partial charge in [-0.25, -0.2) is 8.42 Å². The number of piperidine rings is 1. The first-order valence-electron chi connectivity index (χ1n) is 7.52. The molecule has 0 saturated carbocycles. The monoisotopic (exact) mass is 337 g/mol. The van der Waals surface area contributed by atoms with Crippen LogP contribution in [0.4, 0.5) is 11.6 Å². The normalized spacial score (nSPS) is 15.7. The molecule has 23 heavy (non-hydrogen) atoms. The van der Waals surface area contributed by atoms with Crippen LogP contribution in [-0.2, 0) is 10.0 Å². The fourth-order valence-corrected chi connectivity index (χ4v) is 4.05. The van der Waals surface area contributed by atoms with E-state index in [1.165, 1.54) is 6.42 Å². The summed E-state index contributed by atoms with van der Waals surface area (Å²) in [5.41, 5.74) is 0.313. The molecule has 0 unspecified atom stereocenters. The van der Waals surface area contributed by atoms with Crippen LogP contribution in [0.2, 0.25) is 0 Å². The summed E-state index contributed by atoms with van der Waals surface area (Å²) in [4.78, 5) is 2.20. The van der Waals surface area contributed by atoms with Gasteiger partial charge in [-0.3, -0.25) is 4.72 Å². The first-order chi connectivity index (χ1) is 11.0. The zero-order valence-electron chi connectivity index (χ0n) is 13.1. The topological polar surface area (TPSA) is 101 Å². The maximum Gasteiger partial charge on any atom is 0.268 e. The van der Waals surface area contributed by atoms with Crippen LogP contribution >= 0.6 is 0 Å². The SMILES string of the molecule is Cc1noc(C)c1S(=O)(=O)Nc1ccc(N2CCCCC2)nn1. The second-order valence-corrected chi connectivity index (χ2v) is 7.20. The Hall–Kier alpha value is -2.16. The lowest BCUT2D eigenvalue weighted by molar-refractivity contribution is 0.390. The lowest BCUT2D eigenvalue weighted by atomic mass is 10.1.